The lowest BCUT2D eigenvalue weighted by Crippen LogP contribution is -2.30. The summed E-state index contributed by atoms with van der Waals surface area (Å²) in [6, 6.07) is 12.0. The van der Waals surface area contributed by atoms with Crippen LogP contribution in [0.2, 0.25) is 0 Å². The van der Waals surface area contributed by atoms with E-state index < -0.39 is 0 Å². The molecule has 112 valence electrons. The molecule has 0 aliphatic rings. The molecule has 1 aromatic heterocycles. The quantitative estimate of drug-likeness (QED) is 0.930. The summed E-state index contributed by atoms with van der Waals surface area (Å²) in [4.78, 5) is 11.4. The van der Waals surface area contributed by atoms with Crippen LogP contribution in [0.1, 0.15) is 20.8 Å². The summed E-state index contributed by atoms with van der Waals surface area (Å²) in [7, 11) is 3.95. The highest BCUT2D eigenvalue weighted by molar-refractivity contribution is 5.61. The Hall–Kier alpha value is -2.10. The van der Waals surface area contributed by atoms with Gasteiger partial charge in [-0.25, -0.2) is 9.97 Å². The monoisotopic (exact) mass is 284 g/mol. The Kier molecular flexibility index (Phi) is 4.46. The summed E-state index contributed by atoms with van der Waals surface area (Å²) in [5.74, 6) is 2.51. The van der Waals surface area contributed by atoms with Crippen LogP contribution in [0.3, 0.4) is 0 Å². The number of aromatic nitrogens is 2. The van der Waals surface area contributed by atoms with E-state index in [1.165, 1.54) is 0 Å². The third kappa shape index (κ3) is 4.18. The SMILES string of the molecule is CNc1cc(N(C)CC(C)(C)C)nc(-c2ccccc2)n1. The second-order valence-electron chi connectivity index (χ2n) is 6.47. The van der Waals surface area contributed by atoms with E-state index in [9.17, 15) is 0 Å². The van der Waals surface area contributed by atoms with Gasteiger partial charge in [0.25, 0.3) is 0 Å². The van der Waals surface area contributed by atoms with Gasteiger partial charge < -0.3 is 10.2 Å². The summed E-state index contributed by atoms with van der Waals surface area (Å²) in [5, 5.41) is 3.12. The van der Waals surface area contributed by atoms with Crippen molar-refractivity contribution in [3.05, 3.63) is 36.4 Å². The van der Waals surface area contributed by atoms with E-state index >= 15 is 0 Å². The molecule has 0 fully saturated rings. The predicted octanol–water partition coefficient (Wildman–Crippen LogP) is 3.67. The van der Waals surface area contributed by atoms with Gasteiger partial charge in [0, 0.05) is 32.3 Å². The van der Waals surface area contributed by atoms with Crippen LogP contribution in [0.5, 0.6) is 0 Å². The van der Waals surface area contributed by atoms with Crippen molar-refractivity contribution in [2.75, 3.05) is 30.9 Å². The molecule has 4 nitrogen and oxygen atoms in total. The molecular weight excluding hydrogens is 260 g/mol. The molecule has 0 aliphatic heterocycles. The van der Waals surface area contributed by atoms with Crippen LogP contribution < -0.4 is 10.2 Å². The lowest BCUT2D eigenvalue weighted by molar-refractivity contribution is 0.418. The Morgan fingerprint density at radius 2 is 1.76 bits per heavy atom. The van der Waals surface area contributed by atoms with Gasteiger partial charge in [0.1, 0.15) is 11.6 Å². The maximum absolute atomic E-state index is 4.71. The van der Waals surface area contributed by atoms with Crippen LogP contribution in [0.25, 0.3) is 11.4 Å². The van der Waals surface area contributed by atoms with Crippen LogP contribution in [0.4, 0.5) is 11.6 Å². The van der Waals surface area contributed by atoms with Gasteiger partial charge in [-0.3, -0.25) is 0 Å². The molecule has 0 saturated carbocycles. The van der Waals surface area contributed by atoms with Crippen LogP contribution >= 0.6 is 0 Å². The van der Waals surface area contributed by atoms with Gasteiger partial charge in [0.15, 0.2) is 5.82 Å². The largest absolute Gasteiger partial charge is 0.373 e. The van der Waals surface area contributed by atoms with Gasteiger partial charge in [-0.1, -0.05) is 51.1 Å². The number of nitrogens with zero attached hydrogens (tertiary/aromatic N) is 3. The van der Waals surface area contributed by atoms with Crippen molar-refractivity contribution < 1.29 is 0 Å². The molecule has 21 heavy (non-hydrogen) atoms. The average Bonchev–Trinajstić information content (AvgIpc) is 2.46. The predicted molar refractivity (Wildman–Crippen MR) is 89.7 cm³/mol. The van der Waals surface area contributed by atoms with Gasteiger partial charge in [-0.2, -0.15) is 0 Å². The fourth-order valence-corrected chi connectivity index (χ4v) is 2.27. The van der Waals surface area contributed by atoms with Gasteiger partial charge in [0.2, 0.25) is 0 Å². The van der Waals surface area contributed by atoms with Gasteiger partial charge >= 0.3 is 0 Å². The third-order valence-electron chi connectivity index (χ3n) is 3.10. The van der Waals surface area contributed by atoms with Crippen molar-refractivity contribution in [2.45, 2.75) is 20.8 Å². The first-order valence-electron chi connectivity index (χ1n) is 7.22. The van der Waals surface area contributed by atoms with Gasteiger partial charge in [-0.05, 0) is 5.41 Å². The molecule has 0 unspecified atom stereocenters. The molecule has 0 amide bonds. The Morgan fingerprint density at radius 3 is 2.33 bits per heavy atom. The molecule has 4 heteroatoms. The van der Waals surface area contributed by atoms with E-state index in [4.69, 9.17) is 4.98 Å². The Bertz CT molecular complexity index is 587. The van der Waals surface area contributed by atoms with E-state index in [2.05, 4.69) is 43.0 Å². The fourth-order valence-electron chi connectivity index (χ4n) is 2.27. The number of hydrogen-bond acceptors (Lipinski definition) is 4. The maximum Gasteiger partial charge on any atom is 0.163 e. The molecule has 0 bridgehead atoms. The van der Waals surface area contributed by atoms with Crippen molar-refractivity contribution in [1.29, 1.82) is 0 Å². The van der Waals surface area contributed by atoms with Crippen LogP contribution in [-0.2, 0) is 0 Å². The van der Waals surface area contributed by atoms with E-state index in [0.29, 0.717) is 0 Å². The number of benzene rings is 1. The van der Waals surface area contributed by atoms with E-state index in [0.717, 1.165) is 29.6 Å². The number of nitrogens with one attached hydrogen (secondary N) is 1. The topological polar surface area (TPSA) is 41.0 Å². The van der Waals surface area contributed by atoms with E-state index in [-0.39, 0.29) is 5.41 Å². The molecular formula is C17H24N4. The van der Waals surface area contributed by atoms with Crippen molar-refractivity contribution in [1.82, 2.24) is 9.97 Å². The zero-order valence-electron chi connectivity index (χ0n) is 13.5. The summed E-state index contributed by atoms with van der Waals surface area (Å²) in [5.41, 5.74) is 1.24. The number of anilines is 2. The van der Waals surface area contributed by atoms with Crippen LogP contribution in [-0.4, -0.2) is 30.6 Å². The summed E-state index contributed by atoms with van der Waals surface area (Å²) < 4.78 is 0. The average molecular weight is 284 g/mol. The van der Waals surface area contributed by atoms with Gasteiger partial charge in [-0.15, -0.1) is 0 Å². The maximum atomic E-state index is 4.71. The summed E-state index contributed by atoms with van der Waals surface area (Å²) >= 11 is 0. The highest BCUT2D eigenvalue weighted by atomic mass is 15.2. The van der Waals surface area contributed by atoms with Crippen molar-refractivity contribution in [3.63, 3.8) is 0 Å². The van der Waals surface area contributed by atoms with E-state index in [1.807, 2.05) is 43.4 Å². The van der Waals surface area contributed by atoms with Crippen molar-refractivity contribution in [2.24, 2.45) is 5.41 Å². The molecule has 1 aromatic carbocycles. The molecule has 2 rings (SSSR count). The van der Waals surface area contributed by atoms with Crippen molar-refractivity contribution in [3.8, 4) is 11.4 Å². The first kappa shape index (κ1) is 15.3. The number of hydrogen-bond donors (Lipinski definition) is 1. The minimum atomic E-state index is 0.215. The van der Waals surface area contributed by atoms with Gasteiger partial charge in [0.05, 0.1) is 0 Å². The first-order valence-corrected chi connectivity index (χ1v) is 7.22. The molecule has 0 spiro atoms. The lowest BCUT2D eigenvalue weighted by Gasteiger charge is -2.27. The fraction of sp³-hybridized carbons (Fsp3) is 0.412. The molecule has 2 aromatic rings. The zero-order chi connectivity index (χ0) is 15.5. The second-order valence-corrected chi connectivity index (χ2v) is 6.47. The third-order valence-corrected chi connectivity index (χ3v) is 3.10. The molecule has 0 atom stereocenters. The van der Waals surface area contributed by atoms with E-state index in [1.54, 1.807) is 0 Å². The van der Waals surface area contributed by atoms with Crippen molar-refractivity contribution >= 4 is 11.6 Å². The summed E-state index contributed by atoms with van der Waals surface area (Å²) in [6.45, 7) is 7.60. The smallest absolute Gasteiger partial charge is 0.163 e. The molecule has 0 aliphatic carbocycles. The normalized spacial score (nSPS) is 11.3. The molecule has 0 radical (unpaired) electrons. The summed E-state index contributed by atoms with van der Waals surface area (Å²) in [6.07, 6.45) is 0. The number of rotatable bonds is 4. The lowest BCUT2D eigenvalue weighted by atomic mass is 9.96. The highest BCUT2D eigenvalue weighted by Gasteiger charge is 2.16. The second kappa shape index (κ2) is 6.12. The zero-order valence-corrected chi connectivity index (χ0v) is 13.5. The Morgan fingerprint density at radius 1 is 1.10 bits per heavy atom. The Labute approximate surface area is 127 Å². The minimum absolute atomic E-state index is 0.215. The standard InChI is InChI=1S/C17H24N4/c1-17(2,3)12-21(5)15-11-14(18-4)19-16(20-15)13-9-7-6-8-10-13/h6-11H,12H2,1-5H3,(H,18,19,20). The molecule has 1 heterocycles. The van der Waals surface area contributed by atoms with Crippen LogP contribution in [0, 0.1) is 5.41 Å². The first-order chi connectivity index (χ1) is 9.89. The highest BCUT2D eigenvalue weighted by Crippen LogP contribution is 2.24. The molecule has 1 N–H and O–H groups in total. The Balaban J connectivity index is 2.39. The molecule has 0 saturated heterocycles. The minimum Gasteiger partial charge on any atom is -0.373 e. The van der Waals surface area contributed by atoms with Crippen LogP contribution in [0.15, 0.2) is 36.4 Å².